The van der Waals surface area contributed by atoms with Gasteiger partial charge in [-0.2, -0.15) is 0 Å². The van der Waals surface area contributed by atoms with Gasteiger partial charge in [0, 0.05) is 13.5 Å². The summed E-state index contributed by atoms with van der Waals surface area (Å²) in [4.78, 5) is 4.47. The molecule has 0 saturated carbocycles. The molecule has 2 nitrogen and oxygen atoms in total. The number of halogens is 1. The number of amidine groups is 1. The molecule has 1 heterocycles. The van der Waals surface area contributed by atoms with Crippen LogP contribution in [0.25, 0.3) is 0 Å². The van der Waals surface area contributed by atoms with Gasteiger partial charge in [-0.3, -0.25) is 0 Å². The van der Waals surface area contributed by atoms with E-state index in [9.17, 15) is 0 Å². The summed E-state index contributed by atoms with van der Waals surface area (Å²) >= 11 is 0. The Morgan fingerprint density at radius 1 is 1.23 bits per heavy atom. The van der Waals surface area contributed by atoms with Crippen molar-refractivity contribution in [3.05, 3.63) is 29.8 Å². The number of nitrogens with zero attached hydrogens (tertiary/aromatic N) is 1. The van der Waals surface area contributed by atoms with Crippen LogP contribution in [-0.4, -0.2) is 12.9 Å². The standard InChI is InChI=1S/C10H12N2.ClH/c1-11-10-7-6-8-4-2-3-5-9(8)12-10;/h2-5H,6-7H2,1H3,(H,11,12);1H. The number of rotatable bonds is 0. The minimum atomic E-state index is 0. The van der Waals surface area contributed by atoms with E-state index >= 15 is 0 Å². The second-order valence-electron chi connectivity index (χ2n) is 2.94. The molecule has 1 aliphatic heterocycles. The third-order valence-corrected chi connectivity index (χ3v) is 2.17. The van der Waals surface area contributed by atoms with E-state index in [0.717, 1.165) is 24.4 Å². The fourth-order valence-corrected chi connectivity index (χ4v) is 1.47. The zero-order valence-electron chi connectivity index (χ0n) is 7.58. The van der Waals surface area contributed by atoms with Gasteiger partial charge in [0.1, 0.15) is 5.84 Å². The molecule has 1 aromatic rings. The van der Waals surface area contributed by atoms with Gasteiger partial charge in [-0.25, -0.2) is 4.99 Å². The van der Waals surface area contributed by atoms with E-state index in [-0.39, 0.29) is 12.4 Å². The highest BCUT2D eigenvalue weighted by Crippen LogP contribution is 2.24. The Morgan fingerprint density at radius 3 is 2.77 bits per heavy atom. The van der Waals surface area contributed by atoms with E-state index in [1.165, 1.54) is 5.56 Å². The third kappa shape index (κ3) is 2.01. The van der Waals surface area contributed by atoms with Crippen molar-refractivity contribution >= 4 is 23.9 Å². The van der Waals surface area contributed by atoms with Crippen molar-refractivity contribution in [3.8, 4) is 0 Å². The largest absolute Gasteiger partial charge is 0.377 e. The fourth-order valence-electron chi connectivity index (χ4n) is 1.47. The van der Waals surface area contributed by atoms with Crippen molar-refractivity contribution in [2.24, 2.45) is 4.99 Å². The monoisotopic (exact) mass is 196 g/mol. The summed E-state index contributed by atoms with van der Waals surface area (Å²) in [7, 11) is 1.92. The number of fused-ring (bicyclic) bond motifs is 1. The van der Waals surface area contributed by atoms with Crippen LogP contribution in [0.15, 0.2) is 29.3 Å². The molecule has 0 amide bonds. The van der Waals surface area contributed by atoms with Crippen molar-refractivity contribution in [1.82, 2.24) is 5.32 Å². The van der Waals surface area contributed by atoms with E-state index in [1.54, 1.807) is 0 Å². The molecule has 13 heavy (non-hydrogen) atoms. The zero-order chi connectivity index (χ0) is 8.39. The molecule has 0 spiro atoms. The van der Waals surface area contributed by atoms with E-state index in [4.69, 9.17) is 0 Å². The Labute approximate surface area is 84.5 Å². The number of aliphatic imine (C=N–C) groups is 1. The summed E-state index contributed by atoms with van der Waals surface area (Å²) < 4.78 is 0. The van der Waals surface area contributed by atoms with Gasteiger partial charge in [-0.1, -0.05) is 18.2 Å². The molecule has 0 unspecified atom stereocenters. The number of nitrogens with one attached hydrogen (secondary N) is 1. The lowest BCUT2D eigenvalue weighted by Gasteiger charge is -2.14. The Balaban J connectivity index is 0.000000845. The van der Waals surface area contributed by atoms with Crippen molar-refractivity contribution in [3.63, 3.8) is 0 Å². The molecule has 1 aliphatic rings. The maximum atomic E-state index is 4.47. The molecule has 1 N–H and O–H groups in total. The Hall–Kier alpha value is -1.02. The topological polar surface area (TPSA) is 24.4 Å². The first-order chi connectivity index (χ1) is 5.90. The van der Waals surface area contributed by atoms with Crippen LogP contribution < -0.4 is 5.32 Å². The minimum Gasteiger partial charge on any atom is -0.377 e. The van der Waals surface area contributed by atoms with Crippen molar-refractivity contribution in [2.75, 3.05) is 7.05 Å². The first kappa shape index (κ1) is 10.1. The summed E-state index contributed by atoms with van der Waals surface area (Å²) in [6, 6.07) is 8.30. The molecule has 2 rings (SSSR count). The normalized spacial score (nSPS) is 13.8. The molecule has 0 aliphatic carbocycles. The van der Waals surface area contributed by atoms with Gasteiger partial charge in [0.25, 0.3) is 0 Å². The highest BCUT2D eigenvalue weighted by atomic mass is 35.5. The molecule has 0 atom stereocenters. The highest BCUT2D eigenvalue weighted by Gasteiger charge is 2.08. The second kappa shape index (κ2) is 4.28. The number of benzene rings is 1. The van der Waals surface area contributed by atoms with Crippen LogP contribution in [-0.2, 0) is 6.42 Å². The summed E-state index contributed by atoms with van der Waals surface area (Å²) in [5.41, 5.74) is 2.48. The maximum Gasteiger partial charge on any atom is 0.102 e. The van der Waals surface area contributed by atoms with Crippen LogP contribution in [0, 0.1) is 0 Å². The van der Waals surface area contributed by atoms with Crippen molar-refractivity contribution < 1.29 is 0 Å². The van der Waals surface area contributed by atoms with Gasteiger partial charge in [0.2, 0.25) is 0 Å². The van der Waals surface area contributed by atoms with E-state index < -0.39 is 0 Å². The molecule has 0 aromatic heterocycles. The molecule has 0 saturated heterocycles. The van der Waals surface area contributed by atoms with Gasteiger partial charge in [0.05, 0.1) is 5.69 Å². The van der Waals surface area contributed by atoms with Gasteiger partial charge in [0.15, 0.2) is 0 Å². The second-order valence-corrected chi connectivity index (χ2v) is 2.94. The number of hydrogen-bond acceptors (Lipinski definition) is 2. The molecular formula is C10H13ClN2. The summed E-state index contributed by atoms with van der Waals surface area (Å²) in [6.07, 6.45) is 2.14. The van der Waals surface area contributed by atoms with Gasteiger partial charge >= 0.3 is 0 Å². The van der Waals surface area contributed by atoms with Crippen LogP contribution in [0.4, 0.5) is 5.69 Å². The predicted molar refractivity (Wildman–Crippen MR) is 58.2 cm³/mol. The van der Waals surface area contributed by atoms with E-state index in [2.05, 4.69) is 28.5 Å². The molecule has 0 fully saturated rings. The Bertz CT molecular complexity index is 320. The lowest BCUT2D eigenvalue weighted by atomic mass is 10.0. The van der Waals surface area contributed by atoms with Crippen molar-refractivity contribution in [2.45, 2.75) is 12.8 Å². The number of para-hydroxylation sites is 1. The lowest BCUT2D eigenvalue weighted by Crippen LogP contribution is -2.20. The van der Waals surface area contributed by atoms with Crippen LogP contribution in [0.3, 0.4) is 0 Å². The molecule has 3 heteroatoms. The molecule has 1 aromatic carbocycles. The molecule has 0 bridgehead atoms. The van der Waals surface area contributed by atoms with Crippen LogP contribution in [0.2, 0.25) is 0 Å². The van der Waals surface area contributed by atoms with E-state index in [0.29, 0.717) is 0 Å². The van der Waals surface area contributed by atoms with E-state index in [1.807, 2.05) is 13.1 Å². The summed E-state index contributed by atoms with van der Waals surface area (Å²) in [5.74, 6) is 1.09. The maximum absolute atomic E-state index is 4.47. The van der Waals surface area contributed by atoms with Crippen LogP contribution in [0.1, 0.15) is 12.0 Å². The highest BCUT2D eigenvalue weighted by molar-refractivity contribution is 5.87. The van der Waals surface area contributed by atoms with Gasteiger partial charge < -0.3 is 5.32 Å². The minimum absolute atomic E-state index is 0. The van der Waals surface area contributed by atoms with Crippen molar-refractivity contribution in [1.29, 1.82) is 0 Å². The first-order valence-corrected chi connectivity index (χ1v) is 4.23. The SMILES string of the molecule is CNC1=Nc2ccccc2CC1.Cl. The molecule has 70 valence electrons. The smallest absolute Gasteiger partial charge is 0.102 e. The zero-order valence-corrected chi connectivity index (χ0v) is 8.40. The average Bonchev–Trinajstić information content (AvgIpc) is 2.17. The summed E-state index contributed by atoms with van der Waals surface area (Å²) in [5, 5.41) is 3.09. The lowest BCUT2D eigenvalue weighted by molar-refractivity contribution is 0.949. The van der Waals surface area contributed by atoms with Crippen LogP contribution >= 0.6 is 12.4 Å². The van der Waals surface area contributed by atoms with Crippen LogP contribution in [0.5, 0.6) is 0 Å². The average molecular weight is 197 g/mol. The third-order valence-electron chi connectivity index (χ3n) is 2.17. The predicted octanol–water partition coefficient (Wildman–Crippen LogP) is 2.30. The number of aryl methyl sites for hydroxylation is 1. The quantitative estimate of drug-likeness (QED) is 0.677. The Morgan fingerprint density at radius 2 is 2.00 bits per heavy atom. The van der Waals surface area contributed by atoms with Gasteiger partial charge in [-0.05, 0) is 18.1 Å². The van der Waals surface area contributed by atoms with Gasteiger partial charge in [-0.15, -0.1) is 12.4 Å². The fraction of sp³-hybridized carbons (Fsp3) is 0.300. The molecule has 0 radical (unpaired) electrons. The molecular weight excluding hydrogens is 184 g/mol. The first-order valence-electron chi connectivity index (χ1n) is 4.23. The Kier molecular flexibility index (Phi) is 3.32. The summed E-state index contributed by atoms with van der Waals surface area (Å²) in [6.45, 7) is 0. The number of hydrogen-bond donors (Lipinski definition) is 1.